The fourth-order valence-electron chi connectivity index (χ4n) is 2.02. The number of pyridine rings is 1. The number of halogens is 1. The average Bonchev–Trinajstić information content (AvgIpc) is 3.09. The highest BCUT2D eigenvalue weighted by Crippen LogP contribution is 2.30. The second kappa shape index (κ2) is 5.01. The fourth-order valence-corrected chi connectivity index (χ4v) is 3.30. The molecule has 21 heavy (non-hydrogen) atoms. The largest absolute Gasteiger partial charge is 0.254 e. The molecule has 0 aliphatic carbocycles. The molecule has 4 rings (SSSR count). The Kier molecular flexibility index (Phi) is 3.01. The molecule has 0 saturated heterocycles. The van der Waals surface area contributed by atoms with Gasteiger partial charge in [-0.2, -0.15) is 9.61 Å². The van der Waals surface area contributed by atoms with E-state index in [4.69, 9.17) is 0 Å². The lowest BCUT2D eigenvalue weighted by Crippen LogP contribution is -1.92. The molecule has 0 unspecified atom stereocenters. The normalized spacial score (nSPS) is 11.1. The van der Waals surface area contributed by atoms with Crippen molar-refractivity contribution in [2.75, 3.05) is 0 Å². The quantitative estimate of drug-likeness (QED) is 0.549. The van der Waals surface area contributed by atoms with Gasteiger partial charge >= 0.3 is 0 Å². The molecule has 0 aliphatic rings. The molecule has 0 bridgehead atoms. The molecule has 0 radical (unpaired) electrons. The molecule has 5 nitrogen and oxygen atoms in total. The molecule has 0 fully saturated rings. The van der Waals surface area contributed by atoms with Crippen LogP contribution in [0.1, 0.15) is 0 Å². The lowest BCUT2D eigenvalue weighted by Gasteiger charge is -1.99. The lowest BCUT2D eigenvalue weighted by atomic mass is 10.2. The van der Waals surface area contributed by atoms with Crippen molar-refractivity contribution >= 4 is 32.2 Å². The third-order valence-corrected chi connectivity index (χ3v) is 4.60. The second-order valence-electron chi connectivity index (χ2n) is 4.32. The Labute approximate surface area is 132 Å². The number of rotatable bonds is 2. The molecule has 0 amide bonds. The summed E-state index contributed by atoms with van der Waals surface area (Å²) >= 11 is 5.01. The van der Waals surface area contributed by atoms with Crippen LogP contribution in [0.25, 0.3) is 27.1 Å². The van der Waals surface area contributed by atoms with E-state index in [1.165, 1.54) is 11.3 Å². The van der Waals surface area contributed by atoms with Crippen LogP contribution >= 0.6 is 27.3 Å². The fraction of sp³-hybridized carbons (Fsp3) is 0. The Hall–Kier alpha value is -2.12. The standard InChI is InChI=1S/C14H8BrN5S/c15-10-6-2-1-5-9(10)12-17-18-14-20(12)19-13(21-14)11-7-3-4-8-16-11/h1-8H. The number of aromatic nitrogens is 5. The van der Waals surface area contributed by atoms with Gasteiger partial charge in [0.2, 0.25) is 4.96 Å². The van der Waals surface area contributed by atoms with Crippen molar-refractivity contribution in [2.45, 2.75) is 0 Å². The van der Waals surface area contributed by atoms with Crippen LogP contribution in [0.4, 0.5) is 0 Å². The minimum absolute atomic E-state index is 0.718. The van der Waals surface area contributed by atoms with Gasteiger partial charge in [0, 0.05) is 16.2 Å². The zero-order valence-electron chi connectivity index (χ0n) is 10.6. The topological polar surface area (TPSA) is 56.0 Å². The van der Waals surface area contributed by atoms with Gasteiger partial charge in [-0.15, -0.1) is 10.2 Å². The summed E-state index contributed by atoms with van der Waals surface area (Å²) in [5.74, 6) is 0.718. The van der Waals surface area contributed by atoms with Gasteiger partial charge in [-0.1, -0.05) is 45.5 Å². The van der Waals surface area contributed by atoms with E-state index in [-0.39, 0.29) is 0 Å². The highest BCUT2D eigenvalue weighted by Gasteiger charge is 2.16. The van der Waals surface area contributed by atoms with E-state index < -0.39 is 0 Å². The molecular weight excluding hydrogens is 350 g/mol. The average molecular weight is 358 g/mol. The van der Waals surface area contributed by atoms with Gasteiger partial charge in [0.15, 0.2) is 10.8 Å². The Morgan fingerprint density at radius 3 is 2.67 bits per heavy atom. The predicted molar refractivity (Wildman–Crippen MR) is 85.0 cm³/mol. The van der Waals surface area contributed by atoms with Crippen molar-refractivity contribution < 1.29 is 0 Å². The molecule has 3 heterocycles. The minimum atomic E-state index is 0.718. The molecule has 7 heteroatoms. The summed E-state index contributed by atoms with van der Waals surface area (Å²) in [6.07, 6.45) is 1.76. The molecule has 0 atom stereocenters. The minimum Gasteiger partial charge on any atom is -0.254 e. The number of hydrogen-bond donors (Lipinski definition) is 0. The van der Waals surface area contributed by atoms with Crippen LogP contribution < -0.4 is 0 Å². The molecule has 1 aromatic carbocycles. The zero-order chi connectivity index (χ0) is 14.2. The molecule has 0 N–H and O–H groups in total. The van der Waals surface area contributed by atoms with E-state index in [1.807, 2.05) is 42.5 Å². The summed E-state index contributed by atoms with van der Waals surface area (Å²) in [4.78, 5) is 5.07. The maximum Gasteiger partial charge on any atom is 0.235 e. The van der Waals surface area contributed by atoms with E-state index in [0.29, 0.717) is 0 Å². The molecule has 102 valence electrons. The zero-order valence-corrected chi connectivity index (χ0v) is 13.0. The van der Waals surface area contributed by atoms with E-state index in [2.05, 4.69) is 36.2 Å². The van der Waals surface area contributed by atoms with Gasteiger partial charge in [0.1, 0.15) is 5.69 Å². The third-order valence-electron chi connectivity index (χ3n) is 2.99. The summed E-state index contributed by atoms with van der Waals surface area (Å²) in [6.45, 7) is 0. The SMILES string of the molecule is Brc1ccccc1-c1nnc2sc(-c3ccccn3)nn12. The number of hydrogen-bond acceptors (Lipinski definition) is 5. The van der Waals surface area contributed by atoms with E-state index in [1.54, 1.807) is 10.7 Å². The molecule has 0 saturated carbocycles. The van der Waals surface area contributed by atoms with Crippen molar-refractivity contribution in [3.05, 3.63) is 53.1 Å². The number of fused-ring (bicyclic) bond motifs is 1. The van der Waals surface area contributed by atoms with Crippen LogP contribution in [0.15, 0.2) is 53.1 Å². The third kappa shape index (κ3) is 2.14. The summed E-state index contributed by atoms with van der Waals surface area (Å²) in [5, 5.41) is 13.8. The van der Waals surface area contributed by atoms with Gasteiger partial charge in [-0.05, 0) is 24.3 Å². The van der Waals surface area contributed by atoms with Crippen LogP contribution in [0, 0.1) is 0 Å². The van der Waals surface area contributed by atoms with Crippen LogP contribution in [0.5, 0.6) is 0 Å². The predicted octanol–water partition coefficient (Wildman–Crippen LogP) is 3.68. The lowest BCUT2D eigenvalue weighted by molar-refractivity contribution is 0.966. The maximum atomic E-state index is 4.59. The maximum absolute atomic E-state index is 4.59. The van der Waals surface area contributed by atoms with E-state index in [0.717, 1.165) is 31.5 Å². The Balaban J connectivity index is 1.90. The van der Waals surface area contributed by atoms with Gasteiger partial charge in [-0.25, -0.2) is 0 Å². The summed E-state index contributed by atoms with van der Waals surface area (Å²) in [7, 11) is 0. The summed E-state index contributed by atoms with van der Waals surface area (Å²) in [6, 6.07) is 13.7. The molecular formula is C14H8BrN5S. The first kappa shape index (κ1) is 12.6. The van der Waals surface area contributed by atoms with Crippen molar-refractivity contribution in [3.8, 4) is 22.1 Å². The first-order chi connectivity index (χ1) is 10.3. The first-order valence-corrected chi connectivity index (χ1v) is 7.82. The van der Waals surface area contributed by atoms with Crippen LogP contribution in [-0.4, -0.2) is 24.8 Å². The van der Waals surface area contributed by atoms with Gasteiger partial charge in [-0.3, -0.25) is 4.98 Å². The molecule has 3 aromatic heterocycles. The van der Waals surface area contributed by atoms with E-state index >= 15 is 0 Å². The summed E-state index contributed by atoms with van der Waals surface area (Å²) < 4.78 is 2.72. The van der Waals surface area contributed by atoms with Crippen molar-refractivity contribution in [3.63, 3.8) is 0 Å². The smallest absolute Gasteiger partial charge is 0.235 e. The van der Waals surface area contributed by atoms with Gasteiger partial charge in [0.05, 0.1) is 0 Å². The highest BCUT2D eigenvalue weighted by atomic mass is 79.9. The monoisotopic (exact) mass is 357 g/mol. The number of nitrogens with zero attached hydrogens (tertiary/aromatic N) is 5. The van der Waals surface area contributed by atoms with Crippen LogP contribution in [0.2, 0.25) is 0 Å². The van der Waals surface area contributed by atoms with Crippen molar-refractivity contribution in [1.29, 1.82) is 0 Å². The van der Waals surface area contributed by atoms with Crippen molar-refractivity contribution in [2.24, 2.45) is 0 Å². The number of benzene rings is 1. The van der Waals surface area contributed by atoms with Crippen LogP contribution in [0.3, 0.4) is 0 Å². The Bertz CT molecular complexity index is 915. The first-order valence-electron chi connectivity index (χ1n) is 6.21. The molecule has 0 aliphatic heterocycles. The Morgan fingerprint density at radius 1 is 1.00 bits per heavy atom. The van der Waals surface area contributed by atoms with Gasteiger partial charge in [0.25, 0.3) is 0 Å². The Morgan fingerprint density at radius 2 is 1.86 bits per heavy atom. The second-order valence-corrected chi connectivity index (χ2v) is 6.13. The van der Waals surface area contributed by atoms with Gasteiger partial charge < -0.3 is 0 Å². The highest BCUT2D eigenvalue weighted by molar-refractivity contribution is 9.10. The van der Waals surface area contributed by atoms with E-state index in [9.17, 15) is 0 Å². The molecule has 0 spiro atoms. The van der Waals surface area contributed by atoms with Crippen LogP contribution in [-0.2, 0) is 0 Å². The van der Waals surface area contributed by atoms with Crippen molar-refractivity contribution in [1.82, 2.24) is 24.8 Å². The summed E-state index contributed by atoms with van der Waals surface area (Å²) in [5.41, 5.74) is 1.80. The molecule has 4 aromatic rings.